The van der Waals surface area contributed by atoms with Gasteiger partial charge >= 0.3 is 0 Å². The lowest BCUT2D eigenvalue weighted by Crippen LogP contribution is -2.18. The summed E-state index contributed by atoms with van der Waals surface area (Å²) < 4.78 is 6.14. The van der Waals surface area contributed by atoms with E-state index in [-0.39, 0.29) is 24.7 Å². The van der Waals surface area contributed by atoms with Gasteiger partial charge in [0.25, 0.3) is 0 Å². The van der Waals surface area contributed by atoms with Crippen LogP contribution in [0.1, 0.15) is 24.8 Å². The quantitative estimate of drug-likeness (QED) is 0.507. The van der Waals surface area contributed by atoms with E-state index < -0.39 is 0 Å². The third-order valence-electron chi connectivity index (χ3n) is 3.47. The molecule has 2 N–H and O–H groups in total. The summed E-state index contributed by atoms with van der Waals surface area (Å²) >= 11 is 3.34. The highest BCUT2D eigenvalue weighted by molar-refractivity contribution is 9.10. The van der Waals surface area contributed by atoms with Crippen molar-refractivity contribution < 1.29 is 14.3 Å². The van der Waals surface area contributed by atoms with Crippen molar-refractivity contribution in [2.45, 2.75) is 19.3 Å². The van der Waals surface area contributed by atoms with Crippen LogP contribution in [0.15, 0.2) is 58.1 Å². The first-order valence-electron chi connectivity index (χ1n) is 8.09. The second kappa shape index (κ2) is 10.4. The van der Waals surface area contributed by atoms with Gasteiger partial charge in [-0.05, 0) is 42.8 Å². The summed E-state index contributed by atoms with van der Waals surface area (Å²) in [5.41, 5.74) is 3.94. The van der Waals surface area contributed by atoms with Gasteiger partial charge in [-0.15, -0.1) is 0 Å². The molecule has 0 saturated heterocycles. The van der Waals surface area contributed by atoms with Gasteiger partial charge < -0.3 is 10.1 Å². The van der Waals surface area contributed by atoms with Crippen LogP contribution < -0.4 is 15.5 Å². The number of nitrogens with zero attached hydrogens (tertiary/aromatic N) is 1. The number of carbonyl (C=O) groups excluding carboxylic acids is 2. The van der Waals surface area contributed by atoms with Crippen LogP contribution in [0.2, 0.25) is 0 Å². The molecule has 2 aromatic carbocycles. The number of amides is 2. The molecule has 2 aromatic rings. The first-order valence-corrected chi connectivity index (χ1v) is 8.88. The molecule has 0 saturated carbocycles. The number of hydrazone groups is 1. The van der Waals surface area contributed by atoms with E-state index in [1.807, 2.05) is 36.4 Å². The maximum absolute atomic E-state index is 11.9. The molecule has 2 amide bonds. The molecule has 7 heteroatoms. The van der Waals surface area contributed by atoms with Crippen molar-refractivity contribution in [3.63, 3.8) is 0 Å². The largest absolute Gasteiger partial charge is 0.496 e. The zero-order chi connectivity index (χ0) is 18.8. The summed E-state index contributed by atoms with van der Waals surface area (Å²) in [6.07, 6.45) is 2.45. The molecule has 2 rings (SSSR count). The Morgan fingerprint density at radius 2 is 1.77 bits per heavy atom. The van der Waals surface area contributed by atoms with Crippen LogP contribution >= 0.6 is 15.9 Å². The molecule has 0 heterocycles. The van der Waals surface area contributed by atoms with Gasteiger partial charge in [-0.25, -0.2) is 5.43 Å². The van der Waals surface area contributed by atoms with E-state index in [1.54, 1.807) is 19.2 Å². The molecule has 6 nitrogen and oxygen atoms in total. The van der Waals surface area contributed by atoms with Gasteiger partial charge in [0.2, 0.25) is 11.8 Å². The van der Waals surface area contributed by atoms with E-state index in [0.29, 0.717) is 12.2 Å². The molecular formula is C19H20BrN3O3. The number of para-hydroxylation sites is 1. The number of ether oxygens (including phenoxy) is 1. The summed E-state index contributed by atoms with van der Waals surface area (Å²) in [4.78, 5) is 23.6. The third-order valence-corrected chi connectivity index (χ3v) is 4.00. The molecule has 136 valence electrons. The third kappa shape index (κ3) is 6.68. The molecule has 0 fully saturated rings. The fraction of sp³-hybridized carbons (Fsp3) is 0.211. The van der Waals surface area contributed by atoms with Crippen molar-refractivity contribution in [3.05, 3.63) is 58.6 Å². The summed E-state index contributed by atoms with van der Waals surface area (Å²) in [6, 6.07) is 14.7. The van der Waals surface area contributed by atoms with Crippen molar-refractivity contribution >= 4 is 39.6 Å². The molecule has 0 aliphatic rings. The predicted molar refractivity (Wildman–Crippen MR) is 105 cm³/mol. The number of carbonyl (C=O) groups is 2. The van der Waals surface area contributed by atoms with E-state index in [9.17, 15) is 9.59 Å². The van der Waals surface area contributed by atoms with Crippen LogP contribution in [0.25, 0.3) is 0 Å². The minimum atomic E-state index is -0.243. The topological polar surface area (TPSA) is 79.8 Å². The Morgan fingerprint density at radius 3 is 2.50 bits per heavy atom. The highest BCUT2D eigenvalue weighted by Crippen LogP contribution is 2.15. The molecule has 0 unspecified atom stereocenters. The number of rotatable bonds is 8. The SMILES string of the molecule is COc1ccccc1/C=N\NC(=O)CCCC(=O)Nc1ccc(Br)cc1. The van der Waals surface area contributed by atoms with Crippen LogP contribution in [0.3, 0.4) is 0 Å². The van der Waals surface area contributed by atoms with Crippen molar-refractivity contribution in [3.8, 4) is 5.75 Å². The minimum Gasteiger partial charge on any atom is -0.496 e. The van der Waals surface area contributed by atoms with Crippen LogP contribution in [-0.4, -0.2) is 25.1 Å². The lowest BCUT2D eigenvalue weighted by Gasteiger charge is -2.05. The Bertz CT molecular complexity index is 776. The van der Waals surface area contributed by atoms with Crippen LogP contribution in [0.4, 0.5) is 5.69 Å². The second-order valence-corrected chi connectivity index (χ2v) is 6.36. The zero-order valence-corrected chi connectivity index (χ0v) is 16.0. The van der Waals surface area contributed by atoms with Gasteiger partial charge in [-0.3, -0.25) is 9.59 Å². The van der Waals surface area contributed by atoms with E-state index in [0.717, 1.165) is 15.7 Å². The number of nitrogens with one attached hydrogen (secondary N) is 2. The number of anilines is 1. The van der Waals surface area contributed by atoms with Gasteiger partial charge in [0.1, 0.15) is 5.75 Å². The molecule has 0 aliphatic carbocycles. The molecule has 0 atom stereocenters. The summed E-state index contributed by atoms with van der Waals surface area (Å²) in [7, 11) is 1.57. The molecule has 26 heavy (non-hydrogen) atoms. The summed E-state index contributed by atoms with van der Waals surface area (Å²) in [5, 5.41) is 6.70. The van der Waals surface area contributed by atoms with Crippen LogP contribution in [0.5, 0.6) is 5.75 Å². The number of hydrogen-bond acceptors (Lipinski definition) is 4. The standard InChI is InChI=1S/C19H20BrN3O3/c1-26-17-6-3-2-5-14(17)13-21-23-19(25)8-4-7-18(24)22-16-11-9-15(20)10-12-16/h2-3,5-6,9-13H,4,7-8H2,1H3,(H,22,24)(H,23,25)/b21-13-. The van der Waals surface area contributed by atoms with Crippen molar-refractivity contribution in [1.82, 2.24) is 5.43 Å². The van der Waals surface area contributed by atoms with Gasteiger partial charge in [0, 0.05) is 28.6 Å². The fourth-order valence-corrected chi connectivity index (χ4v) is 2.43. The zero-order valence-electron chi connectivity index (χ0n) is 14.4. The molecule has 0 bridgehead atoms. The summed E-state index contributed by atoms with van der Waals surface area (Å²) in [5.74, 6) is 0.306. The van der Waals surface area contributed by atoms with E-state index >= 15 is 0 Å². The maximum Gasteiger partial charge on any atom is 0.240 e. The predicted octanol–water partition coefficient (Wildman–Crippen LogP) is 3.72. The Morgan fingerprint density at radius 1 is 1.08 bits per heavy atom. The van der Waals surface area contributed by atoms with Gasteiger partial charge in [0.15, 0.2) is 0 Å². The lowest BCUT2D eigenvalue weighted by molar-refractivity contribution is -0.121. The Hall–Kier alpha value is -2.67. The normalized spacial score (nSPS) is 10.5. The molecular weight excluding hydrogens is 398 g/mol. The monoisotopic (exact) mass is 417 g/mol. The number of benzene rings is 2. The average molecular weight is 418 g/mol. The number of methoxy groups -OCH3 is 1. The minimum absolute atomic E-state index is 0.127. The van der Waals surface area contributed by atoms with E-state index in [4.69, 9.17) is 4.74 Å². The van der Waals surface area contributed by atoms with E-state index in [1.165, 1.54) is 6.21 Å². The van der Waals surface area contributed by atoms with Gasteiger partial charge in [-0.1, -0.05) is 28.1 Å². The Kier molecular flexibility index (Phi) is 7.82. The molecule has 0 aromatic heterocycles. The number of hydrogen-bond donors (Lipinski definition) is 2. The highest BCUT2D eigenvalue weighted by Gasteiger charge is 2.05. The smallest absolute Gasteiger partial charge is 0.240 e. The van der Waals surface area contributed by atoms with Crippen molar-refractivity contribution in [2.24, 2.45) is 5.10 Å². The fourth-order valence-electron chi connectivity index (χ4n) is 2.17. The van der Waals surface area contributed by atoms with Gasteiger partial charge in [-0.2, -0.15) is 5.10 Å². The Labute approximate surface area is 160 Å². The number of halogens is 1. The van der Waals surface area contributed by atoms with Crippen LogP contribution in [-0.2, 0) is 9.59 Å². The van der Waals surface area contributed by atoms with Crippen molar-refractivity contribution in [1.29, 1.82) is 0 Å². The summed E-state index contributed by atoms with van der Waals surface area (Å²) in [6.45, 7) is 0. The average Bonchev–Trinajstić information content (AvgIpc) is 2.64. The van der Waals surface area contributed by atoms with Crippen molar-refractivity contribution in [2.75, 3.05) is 12.4 Å². The lowest BCUT2D eigenvalue weighted by atomic mass is 10.2. The first kappa shape index (κ1) is 19.7. The Balaban J connectivity index is 1.69. The van der Waals surface area contributed by atoms with Crippen LogP contribution in [0, 0.1) is 0 Å². The molecule has 0 radical (unpaired) electrons. The maximum atomic E-state index is 11.9. The second-order valence-electron chi connectivity index (χ2n) is 5.44. The molecule has 0 aliphatic heterocycles. The first-order chi connectivity index (χ1) is 12.6. The highest BCUT2D eigenvalue weighted by atomic mass is 79.9. The molecule has 0 spiro atoms. The van der Waals surface area contributed by atoms with Gasteiger partial charge in [0.05, 0.1) is 13.3 Å². The van der Waals surface area contributed by atoms with E-state index in [2.05, 4.69) is 31.8 Å².